The SMILES string of the molecule is Cc1nc2nc(Cl)nc(-c3ccc(Cl)cc3C(F)(F)F)c2nc1C. The number of rotatable bonds is 1. The van der Waals surface area contributed by atoms with E-state index in [1.165, 1.54) is 12.1 Å². The summed E-state index contributed by atoms with van der Waals surface area (Å²) in [6.07, 6.45) is -4.61. The van der Waals surface area contributed by atoms with Crippen LogP contribution in [0, 0.1) is 13.8 Å². The molecule has 2 aromatic heterocycles. The largest absolute Gasteiger partial charge is 0.417 e. The number of aryl methyl sites for hydroxylation is 2. The van der Waals surface area contributed by atoms with Crippen LogP contribution >= 0.6 is 23.2 Å². The minimum Gasteiger partial charge on any atom is -0.246 e. The Hall–Kier alpha value is -1.99. The first kappa shape index (κ1) is 16.9. The lowest BCUT2D eigenvalue weighted by Gasteiger charge is -2.14. The molecular weight excluding hydrogens is 364 g/mol. The maximum absolute atomic E-state index is 13.4. The van der Waals surface area contributed by atoms with Gasteiger partial charge < -0.3 is 0 Å². The van der Waals surface area contributed by atoms with Crippen LogP contribution in [0.3, 0.4) is 0 Å². The van der Waals surface area contributed by atoms with Crippen molar-refractivity contribution in [2.45, 2.75) is 20.0 Å². The average molecular weight is 373 g/mol. The molecule has 0 saturated carbocycles. The van der Waals surface area contributed by atoms with Crippen LogP contribution in [-0.2, 0) is 6.18 Å². The van der Waals surface area contributed by atoms with E-state index in [4.69, 9.17) is 23.2 Å². The first-order chi connectivity index (χ1) is 11.2. The number of benzene rings is 1. The third-order valence-electron chi connectivity index (χ3n) is 3.46. The third kappa shape index (κ3) is 3.01. The highest BCUT2D eigenvalue weighted by atomic mass is 35.5. The van der Waals surface area contributed by atoms with Gasteiger partial charge in [0.25, 0.3) is 0 Å². The third-order valence-corrected chi connectivity index (χ3v) is 3.86. The van der Waals surface area contributed by atoms with E-state index in [-0.39, 0.29) is 32.7 Å². The number of hydrogen-bond donors (Lipinski definition) is 0. The fourth-order valence-electron chi connectivity index (χ4n) is 2.23. The Morgan fingerprint density at radius 2 is 1.58 bits per heavy atom. The van der Waals surface area contributed by atoms with Gasteiger partial charge in [-0.15, -0.1) is 0 Å². The Labute approximate surface area is 144 Å². The van der Waals surface area contributed by atoms with Crippen molar-refractivity contribution in [3.05, 3.63) is 45.5 Å². The van der Waals surface area contributed by atoms with Gasteiger partial charge in [0.15, 0.2) is 5.65 Å². The van der Waals surface area contributed by atoms with Crippen LogP contribution in [-0.4, -0.2) is 19.9 Å². The van der Waals surface area contributed by atoms with E-state index in [2.05, 4.69) is 19.9 Å². The first-order valence-corrected chi connectivity index (χ1v) is 7.48. The van der Waals surface area contributed by atoms with E-state index in [0.717, 1.165) is 6.07 Å². The molecule has 0 radical (unpaired) electrons. The molecule has 24 heavy (non-hydrogen) atoms. The molecule has 2 heterocycles. The average Bonchev–Trinajstić information content (AvgIpc) is 2.47. The maximum Gasteiger partial charge on any atom is 0.417 e. The van der Waals surface area contributed by atoms with Crippen LogP contribution in [0.4, 0.5) is 13.2 Å². The fourth-order valence-corrected chi connectivity index (χ4v) is 2.57. The Kier molecular flexibility index (Phi) is 4.09. The summed E-state index contributed by atoms with van der Waals surface area (Å²) in [5, 5.41) is -0.244. The predicted molar refractivity (Wildman–Crippen MR) is 85.1 cm³/mol. The van der Waals surface area contributed by atoms with Crippen molar-refractivity contribution in [1.29, 1.82) is 0 Å². The highest BCUT2D eigenvalue weighted by molar-refractivity contribution is 6.30. The van der Waals surface area contributed by atoms with Crippen molar-refractivity contribution in [3.63, 3.8) is 0 Å². The van der Waals surface area contributed by atoms with Gasteiger partial charge in [-0.1, -0.05) is 17.7 Å². The highest BCUT2D eigenvalue weighted by Gasteiger charge is 2.35. The Morgan fingerprint density at radius 3 is 2.25 bits per heavy atom. The molecule has 0 unspecified atom stereocenters. The molecule has 0 aliphatic heterocycles. The van der Waals surface area contributed by atoms with E-state index in [9.17, 15) is 13.2 Å². The molecule has 1 aromatic carbocycles. The van der Waals surface area contributed by atoms with E-state index in [1.807, 2.05) is 0 Å². The number of aromatic nitrogens is 4. The molecule has 0 saturated heterocycles. The van der Waals surface area contributed by atoms with Gasteiger partial charge in [0.2, 0.25) is 5.28 Å². The van der Waals surface area contributed by atoms with E-state index < -0.39 is 11.7 Å². The fraction of sp³-hybridized carbons (Fsp3) is 0.200. The van der Waals surface area contributed by atoms with Crippen LogP contribution in [0.5, 0.6) is 0 Å². The molecule has 3 rings (SSSR count). The van der Waals surface area contributed by atoms with E-state index >= 15 is 0 Å². The van der Waals surface area contributed by atoms with Gasteiger partial charge in [0.1, 0.15) is 11.2 Å². The lowest BCUT2D eigenvalue weighted by Crippen LogP contribution is -2.09. The van der Waals surface area contributed by atoms with Crippen LogP contribution in [0.2, 0.25) is 10.3 Å². The van der Waals surface area contributed by atoms with Crippen molar-refractivity contribution >= 4 is 34.4 Å². The van der Waals surface area contributed by atoms with Gasteiger partial charge >= 0.3 is 6.18 Å². The van der Waals surface area contributed by atoms with Crippen molar-refractivity contribution < 1.29 is 13.2 Å². The molecule has 0 amide bonds. The summed E-state index contributed by atoms with van der Waals surface area (Å²) >= 11 is 11.6. The second-order valence-electron chi connectivity index (χ2n) is 5.10. The molecule has 0 N–H and O–H groups in total. The lowest BCUT2D eigenvalue weighted by molar-refractivity contribution is -0.137. The molecule has 3 aromatic rings. The maximum atomic E-state index is 13.4. The zero-order valence-electron chi connectivity index (χ0n) is 12.4. The predicted octanol–water partition coefficient (Wildman–Crippen LogP) is 5.03. The smallest absolute Gasteiger partial charge is 0.246 e. The van der Waals surface area contributed by atoms with Crippen LogP contribution in [0.1, 0.15) is 17.0 Å². The van der Waals surface area contributed by atoms with Crippen molar-refractivity contribution in [2.75, 3.05) is 0 Å². The van der Waals surface area contributed by atoms with Crippen molar-refractivity contribution in [1.82, 2.24) is 19.9 Å². The highest BCUT2D eigenvalue weighted by Crippen LogP contribution is 2.39. The molecule has 0 aliphatic rings. The molecule has 4 nitrogen and oxygen atoms in total. The van der Waals surface area contributed by atoms with E-state index in [0.29, 0.717) is 11.4 Å². The van der Waals surface area contributed by atoms with Crippen LogP contribution < -0.4 is 0 Å². The summed E-state index contributed by atoms with van der Waals surface area (Å²) in [4.78, 5) is 16.4. The van der Waals surface area contributed by atoms with Gasteiger partial charge in [-0.2, -0.15) is 18.2 Å². The lowest BCUT2D eigenvalue weighted by atomic mass is 10.0. The molecule has 0 atom stereocenters. The number of fused-ring (bicyclic) bond motifs is 1. The molecule has 124 valence electrons. The van der Waals surface area contributed by atoms with Crippen LogP contribution in [0.25, 0.3) is 22.4 Å². The molecular formula is C15H9Cl2F3N4. The molecule has 0 spiro atoms. The summed E-state index contributed by atoms with van der Waals surface area (Å²) in [6, 6.07) is 3.43. The summed E-state index contributed by atoms with van der Waals surface area (Å²) < 4.78 is 40.2. The first-order valence-electron chi connectivity index (χ1n) is 6.72. The normalized spacial score (nSPS) is 12.0. The van der Waals surface area contributed by atoms with Crippen molar-refractivity contribution in [3.8, 4) is 11.3 Å². The monoisotopic (exact) mass is 372 g/mol. The van der Waals surface area contributed by atoms with Gasteiger partial charge in [-0.3, -0.25) is 0 Å². The zero-order chi connectivity index (χ0) is 17.6. The van der Waals surface area contributed by atoms with Crippen LogP contribution in [0.15, 0.2) is 18.2 Å². The quantitative estimate of drug-likeness (QED) is 0.562. The topological polar surface area (TPSA) is 51.6 Å². The second-order valence-corrected chi connectivity index (χ2v) is 5.87. The molecule has 0 aliphatic carbocycles. The van der Waals surface area contributed by atoms with Gasteiger partial charge in [-0.05, 0) is 37.6 Å². The van der Waals surface area contributed by atoms with Gasteiger partial charge in [0.05, 0.1) is 17.0 Å². The number of alkyl halides is 3. The second kappa shape index (κ2) is 5.82. The molecule has 9 heteroatoms. The minimum atomic E-state index is -4.61. The Morgan fingerprint density at radius 1 is 0.917 bits per heavy atom. The van der Waals surface area contributed by atoms with Gasteiger partial charge in [0, 0.05) is 10.6 Å². The Balaban J connectivity index is 2.41. The molecule has 0 bridgehead atoms. The molecule has 0 fully saturated rings. The standard InChI is InChI=1S/C15H9Cl2F3N4/c1-6-7(2)22-13-12(21-6)11(23-14(17)24-13)9-4-3-8(16)5-10(9)15(18,19)20/h3-5H,1-2H3. The van der Waals surface area contributed by atoms with Crippen molar-refractivity contribution in [2.24, 2.45) is 0 Å². The van der Waals surface area contributed by atoms with Gasteiger partial charge in [-0.25, -0.2) is 15.0 Å². The minimum absolute atomic E-state index is 0.0337. The summed E-state index contributed by atoms with van der Waals surface area (Å²) in [5.41, 5.74) is 0.313. The Bertz CT molecular complexity index is 958. The number of nitrogens with zero attached hydrogens (tertiary/aromatic N) is 4. The summed E-state index contributed by atoms with van der Waals surface area (Å²) in [6.45, 7) is 3.42. The number of hydrogen-bond acceptors (Lipinski definition) is 4. The summed E-state index contributed by atoms with van der Waals surface area (Å²) in [5.74, 6) is 0. The number of halogens is 5. The van der Waals surface area contributed by atoms with E-state index in [1.54, 1.807) is 13.8 Å². The summed E-state index contributed by atoms with van der Waals surface area (Å²) in [7, 11) is 0. The zero-order valence-corrected chi connectivity index (χ0v) is 13.9.